The summed E-state index contributed by atoms with van der Waals surface area (Å²) >= 11 is 13.9. The zero-order chi connectivity index (χ0) is 20.5. The quantitative estimate of drug-likeness (QED) is 0.474. The number of hydrogen-bond acceptors (Lipinski definition) is 5. The van der Waals surface area contributed by atoms with Gasteiger partial charge in [0.2, 0.25) is 0 Å². The van der Waals surface area contributed by atoms with Crippen molar-refractivity contribution < 1.29 is 14.6 Å². The first-order chi connectivity index (χ1) is 14.0. The summed E-state index contributed by atoms with van der Waals surface area (Å²) in [5, 5.41) is 13.9. The Morgan fingerprint density at radius 2 is 1.93 bits per heavy atom. The van der Waals surface area contributed by atoms with E-state index in [0.717, 1.165) is 21.2 Å². The number of fused-ring (bicyclic) bond motifs is 2. The maximum absolute atomic E-state index is 11.9. The van der Waals surface area contributed by atoms with Crippen LogP contribution < -0.4 is 15.0 Å². The van der Waals surface area contributed by atoms with Crippen LogP contribution in [0.5, 0.6) is 5.75 Å². The number of halogens is 2. The van der Waals surface area contributed by atoms with Crippen molar-refractivity contribution in [3.05, 3.63) is 70.2 Å². The van der Waals surface area contributed by atoms with Crippen LogP contribution in [0.4, 0.5) is 17.1 Å². The molecule has 0 aliphatic carbocycles. The molecule has 1 heterocycles. The molecular formula is C21H16Cl2N2O3S. The van der Waals surface area contributed by atoms with E-state index in [1.807, 2.05) is 35.2 Å². The van der Waals surface area contributed by atoms with E-state index in [4.69, 9.17) is 27.9 Å². The Hall–Kier alpha value is -2.54. The monoisotopic (exact) mass is 446 g/mol. The summed E-state index contributed by atoms with van der Waals surface area (Å²) in [5.74, 6) is -0.245. The third-order valence-electron chi connectivity index (χ3n) is 4.56. The molecule has 0 radical (unpaired) electrons. The molecule has 148 valence electrons. The first-order valence-corrected chi connectivity index (χ1v) is 10.2. The molecule has 3 aromatic carbocycles. The van der Waals surface area contributed by atoms with Gasteiger partial charge in [-0.05, 0) is 42.5 Å². The second-order valence-corrected chi connectivity index (χ2v) is 8.13. The van der Waals surface area contributed by atoms with E-state index >= 15 is 0 Å². The highest BCUT2D eigenvalue weighted by Gasteiger charge is 2.28. The molecule has 3 aromatic rings. The standard InChI is InChI=1S/C21H16Cl2N2O3S/c1-28-12-8-9-16-18(10-12)29-17-7-2-4-13(21(26)27)20(17)25(16)11-24-15-6-3-5-14(22)19(15)23/h2-10,24H,11H2,1H3,(H,26,27). The van der Waals surface area contributed by atoms with Crippen LogP contribution in [0.15, 0.2) is 64.4 Å². The van der Waals surface area contributed by atoms with Gasteiger partial charge in [-0.3, -0.25) is 0 Å². The van der Waals surface area contributed by atoms with Crippen molar-refractivity contribution in [2.45, 2.75) is 9.79 Å². The van der Waals surface area contributed by atoms with Crippen molar-refractivity contribution in [3.8, 4) is 5.75 Å². The molecule has 0 spiro atoms. The number of hydrogen-bond donors (Lipinski definition) is 2. The van der Waals surface area contributed by atoms with Crippen molar-refractivity contribution in [1.82, 2.24) is 0 Å². The number of anilines is 3. The Morgan fingerprint density at radius 3 is 2.69 bits per heavy atom. The van der Waals surface area contributed by atoms with Gasteiger partial charge in [0, 0.05) is 9.79 Å². The number of ether oxygens (including phenoxy) is 1. The van der Waals surface area contributed by atoms with Crippen molar-refractivity contribution in [3.63, 3.8) is 0 Å². The highest BCUT2D eigenvalue weighted by Crippen LogP contribution is 2.50. The zero-order valence-electron chi connectivity index (χ0n) is 15.3. The van der Waals surface area contributed by atoms with Gasteiger partial charge >= 0.3 is 5.97 Å². The molecule has 0 aromatic heterocycles. The van der Waals surface area contributed by atoms with Crippen molar-refractivity contribution in [2.24, 2.45) is 0 Å². The minimum Gasteiger partial charge on any atom is -0.497 e. The number of carbonyl (C=O) groups is 1. The number of carboxylic acids is 1. The zero-order valence-corrected chi connectivity index (χ0v) is 17.6. The minimum atomic E-state index is -0.981. The van der Waals surface area contributed by atoms with Crippen molar-refractivity contribution in [2.75, 3.05) is 24.0 Å². The summed E-state index contributed by atoms with van der Waals surface area (Å²) in [5.41, 5.74) is 2.41. The molecule has 0 atom stereocenters. The van der Waals surface area contributed by atoms with E-state index < -0.39 is 5.97 Å². The van der Waals surface area contributed by atoms with Crippen LogP contribution >= 0.6 is 35.0 Å². The van der Waals surface area contributed by atoms with Gasteiger partial charge in [0.25, 0.3) is 0 Å². The Balaban J connectivity index is 1.79. The van der Waals surface area contributed by atoms with Crippen molar-refractivity contribution >= 4 is 58.0 Å². The lowest BCUT2D eigenvalue weighted by molar-refractivity contribution is 0.0697. The van der Waals surface area contributed by atoms with Crippen LogP contribution in [-0.2, 0) is 0 Å². The Morgan fingerprint density at radius 1 is 1.14 bits per heavy atom. The molecule has 0 fully saturated rings. The maximum Gasteiger partial charge on any atom is 0.337 e. The van der Waals surface area contributed by atoms with Gasteiger partial charge < -0.3 is 20.1 Å². The van der Waals surface area contributed by atoms with E-state index in [9.17, 15) is 9.90 Å². The molecule has 1 aliphatic heterocycles. The van der Waals surface area contributed by atoms with Gasteiger partial charge in [-0.1, -0.05) is 47.1 Å². The average molecular weight is 447 g/mol. The third kappa shape index (κ3) is 3.71. The number of benzene rings is 3. The van der Waals surface area contributed by atoms with Crippen LogP contribution in [0.25, 0.3) is 0 Å². The molecular weight excluding hydrogens is 431 g/mol. The lowest BCUT2D eigenvalue weighted by Crippen LogP contribution is -2.29. The van der Waals surface area contributed by atoms with E-state index in [2.05, 4.69) is 5.32 Å². The van der Waals surface area contributed by atoms with Gasteiger partial charge in [0.15, 0.2) is 0 Å². The summed E-state index contributed by atoms with van der Waals surface area (Å²) in [6.45, 7) is 0.303. The lowest BCUT2D eigenvalue weighted by Gasteiger charge is -2.34. The van der Waals surface area contributed by atoms with Gasteiger partial charge in [0.05, 0.1) is 46.4 Å². The number of rotatable bonds is 5. The molecule has 0 saturated heterocycles. The number of methoxy groups -OCH3 is 1. The largest absolute Gasteiger partial charge is 0.497 e. The summed E-state index contributed by atoms with van der Waals surface area (Å²) in [7, 11) is 1.62. The van der Waals surface area contributed by atoms with E-state index in [0.29, 0.717) is 28.1 Å². The first-order valence-electron chi connectivity index (χ1n) is 8.67. The molecule has 0 amide bonds. The number of nitrogens with zero attached hydrogens (tertiary/aromatic N) is 1. The van der Waals surface area contributed by atoms with Crippen LogP contribution in [0.1, 0.15) is 10.4 Å². The number of nitrogens with one attached hydrogen (secondary N) is 1. The highest BCUT2D eigenvalue weighted by atomic mass is 35.5. The Kier molecular flexibility index (Phi) is 5.50. The summed E-state index contributed by atoms with van der Waals surface area (Å²) in [6.07, 6.45) is 0. The fraction of sp³-hybridized carbons (Fsp3) is 0.0952. The van der Waals surface area contributed by atoms with Gasteiger partial charge in [-0.2, -0.15) is 0 Å². The van der Waals surface area contributed by atoms with Crippen LogP contribution in [0.3, 0.4) is 0 Å². The number of aromatic carboxylic acids is 1. The molecule has 0 saturated carbocycles. The van der Waals surface area contributed by atoms with Gasteiger partial charge in [-0.15, -0.1) is 0 Å². The first kappa shape index (κ1) is 19.8. The fourth-order valence-electron chi connectivity index (χ4n) is 3.19. The molecule has 1 aliphatic rings. The second kappa shape index (κ2) is 8.06. The van der Waals surface area contributed by atoms with Crippen LogP contribution in [-0.4, -0.2) is 24.9 Å². The Labute approximate surface area is 182 Å². The average Bonchev–Trinajstić information content (AvgIpc) is 2.72. The van der Waals surface area contributed by atoms with Crippen molar-refractivity contribution in [1.29, 1.82) is 0 Å². The van der Waals surface area contributed by atoms with Crippen LogP contribution in [0.2, 0.25) is 10.0 Å². The molecule has 29 heavy (non-hydrogen) atoms. The molecule has 0 bridgehead atoms. The lowest BCUT2D eigenvalue weighted by atomic mass is 10.1. The van der Waals surface area contributed by atoms with E-state index in [-0.39, 0.29) is 5.56 Å². The minimum absolute atomic E-state index is 0.232. The fourth-order valence-corrected chi connectivity index (χ4v) is 4.72. The van der Waals surface area contributed by atoms with Gasteiger partial charge in [0.1, 0.15) is 5.75 Å². The number of para-hydroxylation sites is 1. The molecule has 0 unspecified atom stereocenters. The SMILES string of the molecule is COc1ccc2c(c1)Sc1cccc(C(=O)O)c1N2CNc1cccc(Cl)c1Cl. The smallest absolute Gasteiger partial charge is 0.337 e. The van der Waals surface area contributed by atoms with E-state index in [1.54, 1.807) is 31.4 Å². The molecule has 2 N–H and O–H groups in total. The maximum atomic E-state index is 11.9. The normalized spacial score (nSPS) is 12.2. The summed E-state index contributed by atoms with van der Waals surface area (Å²) < 4.78 is 5.35. The topological polar surface area (TPSA) is 61.8 Å². The third-order valence-corrected chi connectivity index (χ3v) is 6.47. The summed E-state index contributed by atoms with van der Waals surface area (Å²) in [6, 6.07) is 16.3. The van der Waals surface area contributed by atoms with Crippen LogP contribution in [0, 0.1) is 0 Å². The van der Waals surface area contributed by atoms with Gasteiger partial charge in [-0.25, -0.2) is 4.79 Å². The predicted molar refractivity (Wildman–Crippen MR) is 118 cm³/mol. The predicted octanol–water partition coefficient (Wildman–Crippen LogP) is 6.37. The number of carboxylic acid groups (broad SMARTS) is 1. The van der Waals surface area contributed by atoms with E-state index in [1.165, 1.54) is 11.8 Å². The molecule has 5 nitrogen and oxygen atoms in total. The Bertz CT molecular complexity index is 1110. The highest BCUT2D eigenvalue weighted by molar-refractivity contribution is 7.99. The summed E-state index contributed by atoms with van der Waals surface area (Å²) in [4.78, 5) is 15.6. The molecule has 4 rings (SSSR count). The molecule has 8 heteroatoms. The second-order valence-electron chi connectivity index (χ2n) is 6.26.